The van der Waals surface area contributed by atoms with Crippen LogP contribution >= 0.6 is 0 Å². The number of anilines is 1. The van der Waals surface area contributed by atoms with E-state index >= 15 is 0 Å². The van der Waals surface area contributed by atoms with E-state index in [2.05, 4.69) is 12.2 Å². The molecule has 0 radical (unpaired) electrons. The largest absolute Gasteiger partial charge is 0.325 e. The van der Waals surface area contributed by atoms with Gasteiger partial charge in [-0.05, 0) is 36.1 Å². The van der Waals surface area contributed by atoms with E-state index in [0.717, 1.165) is 28.8 Å². The van der Waals surface area contributed by atoms with Gasteiger partial charge in [-0.1, -0.05) is 43.3 Å². The minimum absolute atomic E-state index is 0.0729. The summed E-state index contributed by atoms with van der Waals surface area (Å²) in [5, 5.41) is 2.97. The first-order chi connectivity index (χ1) is 11.1. The molecule has 3 rings (SSSR count). The van der Waals surface area contributed by atoms with Crippen molar-refractivity contribution in [3.05, 3.63) is 64.7 Å². The van der Waals surface area contributed by atoms with Crippen LogP contribution in [0, 0.1) is 6.92 Å². The molecule has 118 valence electrons. The summed E-state index contributed by atoms with van der Waals surface area (Å²) in [4.78, 5) is 26.3. The van der Waals surface area contributed by atoms with Crippen molar-refractivity contribution in [1.82, 2.24) is 4.90 Å². The van der Waals surface area contributed by atoms with Gasteiger partial charge in [0, 0.05) is 17.8 Å². The van der Waals surface area contributed by atoms with Crippen molar-refractivity contribution >= 4 is 17.5 Å². The number of para-hydroxylation sites is 1. The topological polar surface area (TPSA) is 49.4 Å². The molecule has 0 spiro atoms. The third kappa shape index (κ3) is 2.97. The third-order valence-corrected chi connectivity index (χ3v) is 4.24. The van der Waals surface area contributed by atoms with Crippen molar-refractivity contribution in [2.75, 3.05) is 11.9 Å². The Morgan fingerprint density at radius 2 is 1.96 bits per heavy atom. The first kappa shape index (κ1) is 15.3. The number of benzene rings is 2. The quantitative estimate of drug-likeness (QED) is 0.943. The Morgan fingerprint density at radius 1 is 1.17 bits per heavy atom. The van der Waals surface area contributed by atoms with Gasteiger partial charge in [0.2, 0.25) is 5.91 Å². The van der Waals surface area contributed by atoms with Crippen LogP contribution in [-0.2, 0) is 17.8 Å². The van der Waals surface area contributed by atoms with Gasteiger partial charge in [0.1, 0.15) is 6.54 Å². The number of aryl methyl sites for hydroxylation is 2. The molecule has 23 heavy (non-hydrogen) atoms. The van der Waals surface area contributed by atoms with Gasteiger partial charge in [0.15, 0.2) is 0 Å². The Balaban J connectivity index is 1.71. The third-order valence-electron chi connectivity index (χ3n) is 4.24. The maximum absolute atomic E-state index is 12.4. The fourth-order valence-electron chi connectivity index (χ4n) is 3.00. The van der Waals surface area contributed by atoms with Crippen LogP contribution in [0.5, 0.6) is 0 Å². The van der Waals surface area contributed by atoms with Crippen LogP contribution < -0.4 is 5.32 Å². The molecule has 0 saturated carbocycles. The van der Waals surface area contributed by atoms with Crippen LogP contribution in [0.15, 0.2) is 42.5 Å². The summed E-state index contributed by atoms with van der Waals surface area (Å²) in [5.74, 6) is -0.230. The molecular formula is C19H20N2O2. The molecule has 0 aliphatic carbocycles. The molecule has 0 aromatic heterocycles. The smallest absolute Gasteiger partial charge is 0.254 e. The maximum atomic E-state index is 12.4. The van der Waals surface area contributed by atoms with E-state index in [1.54, 1.807) is 4.90 Å². The molecule has 2 aromatic carbocycles. The lowest BCUT2D eigenvalue weighted by Gasteiger charge is -2.17. The Kier molecular flexibility index (Phi) is 4.15. The SMILES string of the molecule is CCc1cccc(C)c1NC(=O)CN1Cc2ccccc2C1=O. The van der Waals surface area contributed by atoms with Crippen molar-refractivity contribution in [2.24, 2.45) is 0 Å². The molecule has 0 fully saturated rings. The highest BCUT2D eigenvalue weighted by atomic mass is 16.2. The molecule has 2 aromatic rings. The van der Waals surface area contributed by atoms with Crippen molar-refractivity contribution < 1.29 is 9.59 Å². The van der Waals surface area contributed by atoms with Crippen LogP contribution in [0.3, 0.4) is 0 Å². The van der Waals surface area contributed by atoms with Crippen molar-refractivity contribution in [1.29, 1.82) is 0 Å². The number of nitrogens with zero attached hydrogens (tertiary/aromatic N) is 1. The molecule has 1 N–H and O–H groups in total. The van der Waals surface area contributed by atoms with Crippen LogP contribution in [-0.4, -0.2) is 23.3 Å². The lowest BCUT2D eigenvalue weighted by atomic mass is 10.1. The second-order valence-corrected chi connectivity index (χ2v) is 5.83. The molecule has 0 bridgehead atoms. The minimum atomic E-state index is -0.157. The monoisotopic (exact) mass is 308 g/mol. The first-order valence-electron chi connectivity index (χ1n) is 7.85. The summed E-state index contributed by atoms with van der Waals surface area (Å²) >= 11 is 0. The Morgan fingerprint density at radius 3 is 2.70 bits per heavy atom. The van der Waals surface area contributed by atoms with Crippen LogP contribution in [0.25, 0.3) is 0 Å². The summed E-state index contributed by atoms with van der Waals surface area (Å²) in [6.07, 6.45) is 0.853. The highest BCUT2D eigenvalue weighted by Gasteiger charge is 2.28. The summed E-state index contributed by atoms with van der Waals surface area (Å²) < 4.78 is 0. The molecule has 0 saturated heterocycles. The van der Waals surface area contributed by atoms with Crippen LogP contribution in [0.1, 0.15) is 34.0 Å². The van der Waals surface area contributed by atoms with E-state index in [4.69, 9.17) is 0 Å². The van der Waals surface area contributed by atoms with Crippen molar-refractivity contribution in [3.63, 3.8) is 0 Å². The highest BCUT2D eigenvalue weighted by molar-refractivity contribution is 6.02. The highest BCUT2D eigenvalue weighted by Crippen LogP contribution is 2.23. The number of carbonyl (C=O) groups excluding carboxylic acids is 2. The summed E-state index contributed by atoms with van der Waals surface area (Å²) in [6, 6.07) is 13.5. The zero-order valence-electron chi connectivity index (χ0n) is 13.4. The molecule has 0 unspecified atom stereocenters. The van der Waals surface area contributed by atoms with Gasteiger partial charge < -0.3 is 10.2 Å². The van der Waals surface area contributed by atoms with Gasteiger partial charge in [-0.2, -0.15) is 0 Å². The van der Waals surface area contributed by atoms with E-state index < -0.39 is 0 Å². The second kappa shape index (κ2) is 6.24. The fourth-order valence-corrected chi connectivity index (χ4v) is 3.00. The van der Waals surface area contributed by atoms with Gasteiger partial charge in [0.05, 0.1) is 0 Å². The summed E-state index contributed by atoms with van der Waals surface area (Å²) in [7, 11) is 0. The molecule has 1 aliphatic rings. The predicted octanol–water partition coefficient (Wildman–Crippen LogP) is 3.15. The van der Waals surface area contributed by atoms with E-state index in [0.29, 0.717) is 12.1 Å². The molecule has 4 nitrogen and oxygen atoms in total. The standard InChI is InChI=1S/C19H20N2O2/c1-3-14-9-6-7-13(2)18(14)20-17(22)12-21-11-15-8-4-5-10-16(15)19(21)23/h4-10H,3,11-12H2,1-2H3,(H,20,22). The van der Waals surface area contributed by atoms with Gasteiger partial charge in [-0.15, -0.1) is 0 Å². The van der Waals surface area contributed by atoms with Crippen LogP contribution in [0.2, 0.25) is 0 Å². The van der Waals surface area contributed by atoms with E-state index in [-0.39, 0.29) is 18.4 Å². The van der Waals surface area contributed by atoms with E-state index in [9.17, 15) is 9.59 Å². The number of amides is 2. The Bertz CT molecular complexity index is 768. The Labute approximate surface area is 136 Å². The maximum Gasteiger partial charge on any atom is 0.254 e. The van der Waals surface area contributed by atoms with Gasteiger partial charge >= 0.3 is 0 Å². The zero-order chi connectivity index (χ0) is 16.4. The lowest BCUT2D eigenvalue weighted by molar-refractivity contribution is -0.116. The van der Waals surface area contributed by atoms with Gasteiger partial charge in [-0.25, -0.2) is 0 Å². The lowest BCUT2D eigenvalue weighted by Crippen LogP contribution is -2.33. The number of hydrogen-bond donors (Lipinski definition) is 1. The molecule has 2 amide bonds. The average molecular weight is 308 g/mol. The van der Waals surface area contributed by atoms with Gasteiger partial charge in [0.25, 0.3) is 5.91 Å². The predicted molar refractivity (Wildman–Crippen MR) is 90.4 cm³/mol. The number of fused-ring (bicyclic) bond motifs is 1. The normalized spacial score (nSPS) is 13.1. The average Bonchev–Trinajstić information content (AvgIpc) is 2.86. The van der Waals surface area contributed by atoms with Crippen molar-refractivity contribution in [2.45, 2.75) is 26.8 Å². The molecule has 4 heteroatoms. The Hall–Kier alpha value is -2.62. The summed E-state index contributed by atoms with van der Waals surface area (Å²) in [6.45, 7) is 4.61. The van der Waals surface area contributed by atoms with Crippen molar-refractivity contribution in [3.8, 4) is 0 Å². The summed E-state index contributed by atoms with van der Waals surface area (Å²) in [5.41, 5.74) is 4.69. The number of carbonyl (C=O) groups is 2. The number of nitrogens with one attached hydrogen (secondary N) is 1. The van der Waals surface area contributed by atoms with Gasteiger partial charge in [-0.3, -0.25) is 9.59 Å². The molecule has 1 aliphatic heterocycles. The molecule has 1 heterocycles. The number of hydrogen-bond acceptors (Lipinski definition) is 2. The minimum Gasteiger partial charge on any atom is -0.325 e. The molecule has 0 atom stereocenters. The van der Waals surface area contributed by atoms with E-state index in [1.165, 1.54) is 0 Å². The number of rotatable bonds is 4. The fraction of sp³-hybridized carbons (Fsp3) is 0.263. The zero-order valence-corrected chi connectivity index (χ0v) is 13.4. The van der Waals surface area contributed by atoms with E-state index in [1.807, 2.05) is 49.4 Å². The van der Waals surface area contributed by atoms with Crippen LogP contribution in [0.4, 0.5) is 5.69 Å². The first-order valence-corrected chi connectivity index (χ1v) is 7.85. The second-order valence-electron chi connectivity index (χ2n) is 5.83. The molecular weight excluding hydrogens is 288 g/mol.